The zero-order valence-electron chi connectivity index (χ0n) is 14.8. The van der Waals surface area contributed by atoms with E-state index in [4.69, 9.17) is 11.5 Å². The molecule has 0 radical (unpaired) electrons. The minimum absolute atomic E-state index is 0.0733. The average molecular weight is 339 g/mol. The van der Waals surface area contributed by atoms with Crippen LogP contribution in [-0.2, 0) is 0 Å². The topological polar surface area (TPSA) is 89.8 Å². The standard InChI is InChI=1S/C19H22FN5/c1-10-13(7-23-9-15(10)21)12-5-11-6-16(25-19(2,3)4)24-8-14(11)18(22)17(12)20/h5-9H,21-22H2,1-4H3,(H,24,25). The highest BCUT2D eigenvalue weighted by atomic mass is 19.1. The van der Waals surface area contributed by atoms with Crippen molar-refractivity contribution in [1.82, 2.24) is 9.97 Å². The van der Waals surface area contributed by atoms with Crippen LogP contribution in [0.25, 0.3) is 21.9 Å². The first-order valence-corrected chi connectivity index (χ1v) is 8.04. The number of nitrogen functional groups attached to an aromatic ring is 2. The van der Waals surface area contributed by atoms with Crippen LogP contribution in [0.1, 0.15) is 26.3 Å². The molecule has 130 valence electrons. The number of benzene rings is 1. The maximum Gasteiger partial charge on any atom is 0.154 e. The summed E-state index contributed by atoms with van der Waals surface area (Å²) < 4.78 is 14.9. The van der Waals surface area contributed by atoms with Gasteiger partial charge in [-0.3, -0.25) is 4.98 Å². The second kappa shape index (κ2) is 5.88. The average Bonchev–Trinajstić information content (AvgIpc) is 2.52. The van der Waals surface area contributed by atoms with Crippen LogP contribution in [0.3, 0.4) is 0 Å². The van der Waals surface area contributed by atoms with E-state index in [1.807, 2.05) is 33.8 Å². The molecule has 0 saturated heterocycles. The zero-order valence-corrected chi connectivity index (χ0v) is 14.8. The Bertz CT molecular complexity index is 960. The van der Waals surface area contributed by atoms with Gasteiger partial charge in [0.15, 0.2) is 5.82 Å². The number of halogens is 1. The Kier molecular flexibility index (Phi) is 3.99. The Morgan fingerprint density at radius 3 is 2.44 bits per heavy atom. The van der Waals surface area contributed by atoms with Crippen molar-refractivity contribution in [3.63, 3.8) is 0 Å². The van der Waals surface area contributed by atoms with Gasteiger partial charge in [-0.05, 0) is 50.8 Å². The first-order valence-electron chi connectivity index (χ1n) is 8.04. The zero-order chi connectivity index (χ0) is 18.4. The Hall–Kier alpha value is -2.89. The quantitative estimate of drug-likeness (QED) is 0.611. The molecule has 0 amide bonds. The lowest BCUT2D eigenvalue weighted by atomic mass is 9.97. The monoisotopic (exact) mass is 339 g/mol. The van der Waals surface area contributed by atoms with E-state index in [1.54, 1.807) is 24.7 Å². The molecule has 2 aromatic heterocycles. The summed E-state index contributed by atoms with van der Waals surface area (Å²) in [5, 5.41) is 4.69. The summed E-state index contributed by atoms with van der Waals surface area (Å²) in [6.07, 6.45) is 4.75. The predicted molar refractivity (Wildman–Crippen MR) is 102 cm³/mol. The second-order valence-electron chi connectivity index (χ2n) is 7.22. The lowest BCUT2D eigenvalue weighted by Gasteiger charge is -2.21. The third-order valence-corrected chi connectivity index (χ3v) is 4.05. The molecule has 0 aliphatic carbocycles. The molecule has 2 heterocycles. The minimum atomic E-state index is -0.485. The molecule has 3 rings (SSSR count). The number of anilines is 3. The van der Waals surface area contributed by atoms with Gasteiger partial charge < -0.3 is 16.8 Å². The lowest BCUT2D eigenvalue weighted by molar-refractivity contribution is 0.630. The summed E-state index contributed by atoms with van der Waals surface area (Å²) in [6, 6.07) is 3.63. The van der Waals surface area contributed by atoms with Gasteiger partial charge in [-0.25, -0.2) is 9.37 Å². The van der Waals surface area contributed by atoms with Crippen molar-refractivity contribution in [2.45, 2.75) is 33.2 Å². The van der Waals surface area contributed by atoms with Crippen LogP contribution in [0.2, 0.25) is 0 Å². The highest BCUT2D eigenvalue weighted by Gasteiger charge is 2.17. The summed E-state index contributed by atoms with van der Waals surface area (Å²) in [4.78, 5) is 8.42. The smallest absolute Gasteiger partial charge is 0.154 e. The van der Waals surface area contributed by atoms with Gasteiger partial charge in [0.2, 0.25) is 0 Å². The molecule has 0 fully saturated rings. The molecule has 0 saturated carbocycles. The lowest BCUT2D eigenvalue weighted by Crippen LogP contribution is -2.26. The summed E-state index contributed by atoms with van der Waals surface area (Å²) >= 11 is 0. The van der Waals surface area contributed by atoms with Crippen molar-refractivity contribution < 1.29 is 4.39 Å². The fourth-order valence-corrected chi connectivity index (χ4v) is 2.76. The molecular formula is C19H22FN5. The summed E-state index contributed by atoms with van der Waals surface area (Å²) in [7, 11) is 0. The van der Waals surface area contributed by atoms with Crippen molar-refractivity contribution in [2.24, 2.45) is 0 Å². The largest absolute Gasteiger partial charge is 0.397 e. The predicted octanol–water partition coefficient (Wildman–Crippen LogP) is 4.12. The van der Waals surface area contributed by atoms with Crippen LogP contribution in [0.4, 0.5) is 21.6 Å². The fourth-order valence-electron chi connectivity index (χ4n) is 2.76. The molecule has 0 aliphatic rings. The Labute approximate surface area is 146 Å². The van der Waals surface area contributed by atoms with Crippen LogP contribution in [0, 0.1) is 12.7 Å². The molecule has 3 aromatic rings. The molecule has 25 heavy (non-hydrogen) atoms. The molecule has 5 nitrogen and oxygen atoms in total. The highest BCUT2D eigenvalue weighted by molar-refractivity contribution is 5.98. The van der Waals surface area contributed by atoms with E-state index >= 15 is 0 Å². The number of rotatable bonds is 2. The van der Waals surface area contributed by atoms with Crippen molar-refractivity contribution in [3.8, 4) is 11.1 Å². The number of pyridine rings is 2. The van der Waals surface area contributed by atoms with E-state index in [2.05, 4.69) is 15.3 Å². The van der Waals surface area contributed by atoms with Crippen molar-refractivity contribution in [3.05, 3.63) is 42.1 Å². The maximum absolute atomic E-state index is 14.9. The maximum atomic E-state index is 14.9. The van der Waals surface area contributed by atoms with Crippen LogP contribution in [0.5, 0.6) is 0 Å². The molecular weight excluding hydrogens is 317 g/mol. The van der Waals surface area contributed by atoms with Crippen molar-refractivity contribution in [1.29, 1.82) is 0 Å². The Morgan fingerprint density at radius 1 is 1.04 bits per heavy atom. The van der Waals surface area contributed by atoms with E-state index in [1.165, 1.54) is 0 Å². The highest BCUT2D eigenvalue weighted by Crippen LogP contribution is 2.36. The van der Waals surface area contributed by atoms with E-state index in [-0.39, 0.29) is 11.2 Å². The minimum Gasteiger partial charge on any atom is -0.397 e. The van der Waals surface area contributed by atoms with Gasteiger partial charge in [-0.1, -0.05) is 0 Å². The molecule has 0 spiro atoms. The molecule has 0 aliphatic heterocycles. The molecule has 0 atom stereocenters. The van der Waals surface area contributed by atoms with Gasteiger partial charge in [0.1, 0.15) is 5.82 Å². The van der Waals surface area contributed by atoms with Gasteiger partial charge >= 0.3 is 0 Å². The van der Waals surface area contributed by atoms with E-state index in [9.17, 15) is 4.39 Å². The van der Waals surface area contributed by atoms with Crippen LogP contribution in [0.15, 0.2) is 30.7 Å². The van der Waals surface area contributed by atoms with Gasteiger partial charge in [0.05, 0.1) is 17.6 Å². The number of aromatic nitrogens is 2. The number of hydrogen-bond acceptors (Lipinski definition) is 5. The summed E-state index contributed by atoms with van der Waals surface area (Å²) in [5.41, 5.74) is 14.2. The third-order valence-electron chi connectivity index (χ3n) is 4.05. The Balaban J connectivity index is 2.23. The molecule has 5 N–H and O–H groups in total. The summed E-state index contributed by atoms with van der Waals surface area (Å²) in [6.45, 7) is 7.98. The van der Waals surface area contributed by atoms with Crippen LogP contribution >= 0.6 is 0 Å². The first kappa shape index (κ1) is 17.0. The fraction of sp³-hybridized carbons (Fsp3) is 0.263. The molecule has 6 heteroatoms. The number of nitrogens with zero attached hydrogens (tertiary/aromatic N) is 2. The van der Waals surface area contributed by atoms with Crippen LogP contribution < -0.4 is 16.8 Å². The molecule has 0 bridgehead atoms. The number of fused-ring (bicyclic) bond motifs is 1. The summed E-state index contributed by atoms with van der Waals surface area (Å²) in [5.74, 6) is 0.223. The normalized spacial score (nSPS) is 11.7. The van der Waals surface area contributed by atoms with E-state index < -0.39 is 5.82 Å². The van der Waals surface area contributed by atoms with E-state index in [0.717, 1.165) is 10.9 Å². The number of hydrogen-bond donors (Lipinski definition) is 3. The van der Waals surface area contributed by atoms with E-state index in [0.29, 0.717) is 28.0 Å². The Morgan fingerprint density at radius 2 is 1.76 bits per heavy atom. The van der Waals surface area contributed by atoms with Crippen molar-refractivity contribution in [2.75, 3.05) is 16.8 Å². The number of nitrogens with two attached hydrogens (primary N) is 2. The second-order valence-corrected chi connectivity index (χ2v) is 7.22. The van der Waals surface area contributed by atoms with Gasteiger partial charge in [-0.2, -0.15) is 0 Å². The van der Waals surface area contributed by atoms with Gasteiger partial charge in [0.25, 0.3) is 0 Å². The van der Waals surface area contributed by atoms with Gasteiger partial charge in [0, 0.05) is 34.4 Å². The SMILES string of the molecule is Cc1c(N)cncc1-c1cc2cc(NC(C)(C)C)ncc2c(N)c1F. The molecule has 0 unspecified atom stereocenters. The first-order chi connectivity index (χ1) is 11.7. The molecule has 1 aromatic carbocycles. The third kappa shape index (κ3) is 3.20. The van der Waals surface area contributed by atoms with Crippen molar-refractivity contribution >= 4 is 28.0 Å². The van der Waals surface area contributed by atoms with Crippen LogP contribution in [-0.4, -0.2) is 15.5 Å². The number of nitrogens with one attached hydrogen (secondary N) is 1. The van der Waals surface area contributed by atoms with Gasteiger partial charge in [-0.15, -0.1) is 0 Å².